The standard InChI is InChI=1S/C28H34N6O4S/c1-34-21(15-16-22(34)27(29)30)24(26(35)20-14-9-17-31-20)32-28(36)25(33-39(2,37)38)23(18-10-5-3-6-11-18)19-12-7-4-8-13-19/h3-8,10-13,15-16,20,23-25,31,33H,9,14,17H2,1-2H3,(H3,29,30)(H,32,36)/t20-,24?,25+/m0/s1. The van der Waals surface area contributed by atoms with Crippen LogP contribution in [-0.2, 0) is 26.7 Å². The minimum atomic E-state index is -3.84. The molecule has 10 nitrogen and oxygen atoms in total. The Morgan fingerprint density at radius 1 is 1.03 bits per heavy atom. The van der Waals surface area contributed by atoms with Crippen molar-refractivity contribution in [2.45, 2.75) is 36.9 Å². The summed E-state index contributed by atoms with van der Waals surface area (Å²) in [6.45, 7) is 0.686. The van der Waals surface area contributed by atoms with Gasteiger partial charge in [0.25, 0.3) is 0 Å². The first-order valence-corrected chi connectivity index (χ1v) is 14.6. The van der Waals surface area contributed by atoms with Gasteiger partial charge in [-0.3, -0.25) is 15.0 Å². The zero-order valence-electron chi connectivity index (χ0n) is 21.9. The van der Waals surface area contributed by atoms with Crippen molar-refractivity contribution in [1.82, 2.24) is 19.9 Å². The van der Waals surface area contributed by atoms with Crippen molar-refractivity contribution in [3.8, 4) is 0 Å². The molecule has 39 heavy (non-hydrogen) atoms. The van der Waals surface area contributed by atoms with Gasteiger partial charge in [-0.2, -0.15) is 0 Å². The minimum absolute atomic E-state index is 0.176. The van der Waals surface area contributed by atoms with E-state index in [-0.39, 0.29) is 11.6 Å². The number of aromatic nitrogens is 1. The summed E-state index contributed by atoms with van der Waals surface area (Å²) in [6.07, 6.45) is 2.45. The number of rotatable bonds is 11. The van der Waals surface area contributed by atoms with E-state index in [2.05, 4.69) is 15.4 Å². The van der Waals surface area contributed by atoms with Gasteiger partial charge in [-0.05, 0) is 42.6 Å². The molecule has 2 aromatic carbocycles. The van der Waals surface area contributed by atoms with Crippen LogP contribution in [-0.4, -0.2) is 55.4 Å². The molecule has 0 radical (unpaired) electrons. The van der Waals surface area contributed by atoms with Crippen LogP contribution in [0.1, 0.15) is 47.3 Å². The number of nitrogens with one attached hydrogen (secondary N) is 4. The predicted octanol–water partition coefficient (Wildman–Crippen LogP) is 1.54. The molecule has 0 saturated carbocycles. The fourth-order valence-corrected chi connectivity index (χ4v) is 5.84. The number of sulfonamides is 1. The summed E-state index contributed by atoms with van der Waals surface area (Å²) < 4.78 is 29.2. The van der Waals surface area contributed by atoms with E-state index in [1.165, 1.54) is 0 Å². The van der Waals surface area contributed by atoms with Crippen molar-refractivity contribution in [1.29, 1.82) is 5.41 Å². The third-order valence-corrected chi connectivity index (χ3v) is 7.66. The summed E-state index contributed by atoms with van der Waals surface area (Å²) in [6, 6.07) is 18.8. The lowest BCUT2D eigenvalue weighted by molar-refractivity contribution is -0.130. The first-order valence-electron chi connectivity index (χ1n) is 12.7. The van der Waals surface area contributed by atoms with E-state index in [4.69, 9.17) is 11.1 Å². The van der Waals surface area contributed by atoms with E-state index in [9.17, 15) is 18.0 Å². The average Bonchev–Trinajstić information content (AvgIpc) is 3.57. The maximum absolute atomic E-state index is 14.1. The Bertz CT molecular complexity index is 1390. The number of nitrogens with zero attached hydrogens (tertiary/aromatic N) is 1. The van der Waals surface area contributed by atoms with Crippen molar-refractivity contribution in [3.05, 3.63) is 95.3 Å². The van der Waals surface area contributed by atoms with Gasteiger partial charge in [0.2, 0.25) is 15.9 Å². The van der Waals surface area contributed by atoms with Crippen LogP contribution in [0.3, 0.4) is 0 Å². The number of hydrogen-bond acceptors (Lipinski definition) is 6. The Kier molecular flexibility index (Phi) is 8.63. The maximum Gasteiger partial charge on any atom is 0.240 e. The molecule has 4 rings (SSSR count). The molecule has 0 aliphatic carbocycles. The Morgan fingerprint density at radius 2 is 1.62 bits per heavy atom. The number of carbonyl (C=O) groups is 2. The summed E-state index contributed by atoms with van der Waals surface area (Å²) in [5, 5.41) is 13.9. The van der Waals surface area contributed by atoms with Gasteiger partial charge >= 0.3 is 0 Å². The molecule has 206 valence electrons. The van der Waals surface area contributed by atoms with Crippen LogP contribution in [0.25, 0.3) is 0 Å². The number of carbonyl (C=O) groups excluding carboxylic acids is 2. The van der Waals surface area contributed by atoms with Gasteiger partial charge in [0.05, 0.1) is 18.0 Å². The Balaban J connectivity index is 1.78. The second kappa shape index (κ2) is 11.9. The Morgan fingerprint density at radius 3 is 2.08 bits per heavy atom. The fraction of sp³-hybridized carbons (Fsp3) is 0.321. The summed E-state index contributed by atoms with van der Waals surface area (Å²) in [5.74, 6) is -1.75. The van der Waals surface area contributed by atoms with Crippen LogP contribution in [0, 0.1) is 5.41 Å². The van der Waals surface area contributed by atoms with E-state index in [0.29, 0.717) is 24.4 Å². The third-order valence-electron chi connectivity index (χ3n) is 6.98. The van der Waals surface area contributed by atoms with E-state index >= 15 is 0 Å². The maximum atomic E-state index is 14.1. The molecule has 1 amide bonds. The molecule has 0 spiro atoms. The first kappa shape index (κ1) is 28.2. The Labute approximate surface area is 228 Å². The highest BCUT2D eigenvalue weighted by atomic mass is 32.2. The van der Waals surface area contributed by atoms with E-state index in [0.717, 1.165) is 23.8 Å². The molecular formula is C28H34N6O4S. The van der Waals surface area contributed by atoms with Crippen molar-refractivity contribution >= 4 is 27.5 Å². The van der Waals surface area contributed by atoms with Crippen LogP contribution in [0.2, 0.25) is 0 Å². The number of nitrogens with two attached hydrogens (primary N) is 1. The van der Waals surface area contributed by atoms with Crippen molar-refractivity contribution in [2.24, 2.45) is 12.8 Å². The van der Waals surface area contributed by atoms with Crippen LogP contribution < -0.4 is 21.1 Å². The Hall–Kier alpha value is -3.80. The lowest BCUT2D eigenvalue weighted by Crippen LogP contribution is -2.53. The average molecular weight is 551 g/mol. The fourth-order valence-electron chi connectivity index (χ4n) is 5.14. The normalized spacial score (nSPS) is 17.1. The van der Waals surface area contributed by atoms with E-state index < -0.39 is 40.0 Å². The SMILES string of the molecule is Cn1c(C(=N)N)ccc1C(NC(=O)[C@H](NS(C)(=O)=O)C(c1ccccc1)c1ccccc1)C(=O)[C@@H]1CCCN1. The second-order valence-electron chi connectivity index (χ2n) is 9.78. The highest BCUT2D eigenvalue weighted by Crippen LogP contribution is 2.30. The number of Topliss-reactive ketones (excluding diaryl/α,β-unsaturated/α-hetero) is 1. The van der Waals surface area contributed by atoms with Gasteiger partial charge in [0.15, 0.2) is 5.78 Å². The number of benzene rings is 2. The van der Waals surface area contributed by atoms with Crippen LogP contribution in [0.4, 0.5) is 0 Å². The van der Waals surface area contributed by atoms with Gasteiger partial charge in [0, 0.05) is 18.7 Å². The quantitative estimate of drug-likeness (QED) is 0.180. The lowest BCUT2D eigenvalue weighted by Gasteiger charge is -2.30. The van der Waals surface area contributed by atoms with Gasteiger partial charge in [-0.15, -0.1) is 0 Å². The number of nitrogen functional groups attached to an aromatic ring is 1. The molecular weight excluding hydrogens is 516 g/mol. The molecule has 1 aromatic heterocycles. The molecule has 3 atom stereocenters. The number of hydrogen-bond donors (Lipinski definition) is 5. The number of ketones is 1. The highest BCUT2D eigenvalue weighted by Gasteiger charge is 2.38. The summed E-state index contributed by atoms with van der Waals surface area (Å²) in [7, 11) is -2.17. The molecule has 2 heterocycles. The van der Waals surface area contributed by atoms with Crippen molar-refractivity contribution < 1.29 is 18.0 Å². The molecule has 3 aromatic rings. The number of amides is 1. The largest absolute Gasteiger partial charge is 0.382 e. The molecule has 1 aliphatic rings. The first-order chi connectivity index (χ1) is 18.6. The third kappa shape index (κ3) is 6.62. The van der Waals surface area contributed by atoms with Gasteiger partial charge < -0.3 is 20.9 Å². The topological polar surface area (TPSA) is 159 Å². The molecule has 0 bridgehead atoms. The highest BCUT2D eigenvalue weighted by molar-refractivity contribution is 7.88. The smallest absolute Gasteiger partial charge is 0.240 e. The predicted molar refractivity (Wildman–Crippen MR) is 150 cm³/mol. The molecule has 6 N–H and O–H groups in total. The van der Waals surface area contributed by atoms with Crippen molar-refractivity contribution in [3.63, 3.8) is 0 Å². The van der Waals surface area contributed by atoms with Gasteiger partial charge in [-0.1, -0.05) is 60.7 Å². The van der Waals surface area contributed by atoms with E-state index in [1.807, 2.05) is 60.7 Å². The van der Waals surface area contributed by atoms with Gasteiger partial charge in [0.1, 0.15) is 17.9 Å². The minimum Gasteiger partial charge on any atom is -0.382 e. The number of amidine groups is 1. The molecule has 11 heteroatoms. The zero-order chi connectivity index (χ0) is 28.2. The monoisotopic (exact) mass is 550 g/mol. The lowest BCUT2D eigenvalue weighted by atomic mass is 9.84. The molecule has 1 aliphatic heterocycles. The molecule has 1 unspecified atom stereocenters. The van der Waals surface area contributed by atoms with E-state index in [1.54, 1.807) is 23.7 Å². The summed E-state index contributed by atoms with van der Waals surface area (Å²) >= 11 is 0. The molecule has 1 fully saturated rings. The zero-order valence-corrected chi connectivity index (χ0v) is 22.7. The second-order valence-corrected chi connectivity index (χ2v) is 11.6. The molecule has 1 saturated heterocycles. The summed E-state index contributed by atoms with van der Waals surface area (Å²) in [5.41, 5.74) is 8.03. The van der Waals surface area contributed by atoms with Crippen molar-refractivity contribution in [2.75, 3.05) is 12.8 Å². The van der Waals surface area contributed by atoms with Crippen LogP contribution in [0.5, 0.6) is 0 Å². The summed E-state index contributed by atoms with van der Waals surface area (Å²) in [4.78, 5) is 27.8. The van der Waals surface area contributed by atoms with Crippen LogP contribution >= 0.6 is 0 Å². The van der Waals surface area contributed by atoms with Gasteiger partial charge in [-0.25, -0.2) is 13.1 Å². The van der Waals surface area contributed by atoms with Crippen LogP contribution in [0.15, 0.2) is 72.8 Å².